The van der Waals surface area contributed by atoms with Gasteiger partial charge in [0.15, 0.2) is 0 Å². The number of hydrogen-bond donors (Lipinski definition) is 3. The summed E-state index contributed by atoms with van der Waals surface area (Å²) < 4.78 is 6.34. The van der Waals surface area contributed by atoms with Crippen molar-refractivity contribution in [3.05, 3.63) is 58.6 Å². The quantitative estimate of drug-likeness (QED) is 0.568. The largest absolute Gasteiger partial charge is 0.496 e. The van der Waals surface area contributed by atoms with Crippen molar-refractivity contribution in [3.8, 4) is 17.0 Å². The van der Waals surface area contributed by atoms with E-state index >= 15 is 0 Å². The number of aromatic nitrogens is 2. The van der Waals surface area contributed by atoms with Crippen LogP contribution in [0.15, 0.2) is 53.0 Å². The van der Waals surface area contributed by atoms with Crippen molar-refractivity contribution in [2.75, 3.05) is 24.8 Å². The molecule has 0 saturated carbocycles. The summed E-state index contributed by atoms with van der Waals surface area (Å²) in [4.78, 5) is 8.59. The van der Waals surface area contributed by atoms with Gasteiger partial charge in [-0.2, -0.15) is 4.98 Å². The number of ether oxygens (including phenoxy) is 1. The number of aliphatic hydroxyl groups excluding tert-OH is 1. The molecule has 4 N–H and O–H groups in total. The van der Waals surface area contributed by atoms with Gasteiger partial charge in [-0.1, -0.05) is 28.1 Å². The zero-order valence-electron chi connectivity index (χ0n) is 14.2. The van der Waals surface area contributed by atoms with Gasteiger partial charge in [-0.3, -0.25) is 0 Å². The maximum Gasteiger partial charge on any atom is 0.222 e. The van der Waals surface area contributed by atoms with E-state index in [1.165, 1.54) is 0 Å². The summed E-state index contributed by atoms with van der Waals surface area (Å²) in [5.41, 5.74) is 9.32. The first kappa shape index (κ1) is 18.2. The van der Waals surface area contributed by atoms with Gasteiger partial charge in [0.1, 0.15) is 11.6 Å². The van der Waals surface area contributed by atoms with Crippen molar-refractivity contribution in [2.24, 2.45) is 0 Å². The first-order chi connectivity index (χ1) is 12.6. The second-order valence-electron chi connectivity index (χ2n) is 5.64. The van der Waals surface area contributed by atoms with Crippen molar-refractivity contribution in [3.63, 3.8) is 0 Å². The smallest absolute Gasteiger partial charge is 0.222 e. The van der Waals surface area contributed by atoms with Gasteiger partial charge in [0.25, 0.3) is 0 Å². The molecule has 6 nitrogen and oxygen atoms in total. The SMILES string of the molecule is COc1ccc(Br)cc1-c1cc(Nc2ccc(CCO)cc2)nc(N)n1. The Bertz CT molecular complexity index is 901. The molecule has 0 spiro atoms. The van der Waals surface area contributed by atoms with Gasteiger partial charge in [-0.15, -0.1) is 0 Å². The van der Waals surface area contributed by atoms with E-state index in [0.717, 1.165) is 21.3 Å². The summed E-state index contributed by atoms with van der Waals surface area (Å²) in [5.74, 6) is 1.46. The fourth-order valence-electron chi connectivity index (χ4n) is 2.58. The number of aliphatic hydroxyl groups is 1. The van der Waals surface area contributed by atoms with E-state index in [1.54, 1.807) is 7.11 Å². The third-order valence-corrected chi connectivity index (χ3v) is 4.30. The molecule has 0 aliphatic heterocycles. The van der Waals surface area contributed by atoms with Gasteiger partial charge >= 0.3 is 0 Å². The summed E-state index contributed by atoms with van der Waals surface area (Å²) >= 11 is 3.47. The molecule has 0 fully saturated rings. The van der Waals surface area contributed by atoms with Gasteiger partial charge in [0.2, 0.25) is 5.95 Å². The second kappa shape index (κ2) is 8.16. The summed E-state index contributed by atoms with van der Waals surface area (Å²) in [6, 6.07) is 15.3. The third kappa shape index (κ3) is 4.30. The Hall–Kier alpha value is -2.64. The minimum atomic E-state index is 0.132. The standard InChI is InChI=1S/C19H19BrN4O2/c1-26-17-7-4-13(20)10-15(17)16-11-18(24-19(21)23-16)22-14-5-2-12(3-6-14)8-9-25/h2-7,10-11,25H,8-9H2,1H3,(H3,21,22,23,24). The van der Waals surface area contributed by atoms with Crippen molar-refractivity contribution < 1.29 is 9.84 Å². The summed E-state index contributed by atoms with van der Waals surface area (Å²) in [6.07, 6.45) is 0.633. The van der Waals surface area contributed by atoms with Crippen LogP contribution in [0.1, 0.15) is 5.56 Å². The first-order valence-electron chi connectivity index (χ1n) is 8.04. The number of rotatable bonds is 6. The van der Waals surface area contributed by atoms with Gasteiger partial charge in [-0.25, -0.2) is 4.98 Å². The van der Waals surface area contributed by atoms with E-state index in [4.69, 9.17) is 15.6 Å². The first-order valence-corrected chi connectivity index (χ1v) is 8.83. The molecule has 2 aromatic carbocycles. The summed E-state index contributed by atoms with van der Waals surface area (Å²) in [6.45, 7) is 0.132. The number of nitrogens with two attached hydrogens (primary N) is 1. The molecule has 7 heteroatoms. The lowest BCUT2D eigenvalue weighted by Crippen LogP contribution is -2.02. The molecule has 0 unspecified atom stereocenters. The van der Waals surface area contributed by atoms with Gasteiger partial charge < -0.3 is 20.9 Å². The normalized spacial score (nSPS) is 10.6. The zero-order chi connectivity index (χ0) is 18.5. The number of nitrogen functional groups attached to an aromatic ring is 1. The van der Waals surface area contributed by atoms with E-state index in [-0.39, 0.29) is 12.6 Å². The van der Waals surface area contributed by atoms with Crippen LogP contribution in [-0.4, -0.2) is 28.8 Å². The fourth-order valence-corrected chi connectivity index (χ4v) is 2.94. The van der Waals surface area contributed by atoms with Crippen LogP contribution >= 0.6 is 15.9 Å². The molecule has 0 bridgehead atoms. The van der Waals surface area contributed by atoms with E-state index in [0.29, 0.717) is 23.7 Å². The summed E-state index contributed by atoms with van der Waals surface area (Å²) in [5, 5.41) is 12.2. The Balaban J connectivity index is 1.92. The molecular formula is C19H19BrN4O2. The Morgan fingerprint density at radius 2 is 1.88 bits per heavy atom. The Morgan fingerprint density at radius 3 is 2.58 bits per heavy atom. The number of anilines is 3. The molecule has 0 aliphatic rings. The molecule has 0 aliphatic carbocycles. The van der Waals surface area contributed by atoms with Crippen LogP contribution in [0.4, 0.5) is 17.5 Å². The van der Waals surface area contributed by atoms with E-state index in [2.05, 4.69) is 31.2 Å². The van der Waals surface area contributed by atoms with Gasteiger partial charge in [0, 0.05) is 28.4 Å². The second-order valence-corrected chi connectivity index (χ2v) is 6.55. The Labute approximate surface area is 160 Å². The topological polar surface area (TPSA) is 93.3 Å². The average Bonchev–Trinajstić information content (AvgIpc) is 2.63. The molecule has 0 saturated heterocycles. The summed E-state index contributed by atoms with van der Waals surface area (Å²) in [7, 11) is 1.62. The van der Waals surface area contributed by atoms with Crippen molar-refractivity contribution >= 4 is 33.4 Å². The average molecular weight is 415 g/mol. The van der Waals surface area contributed by atoms with Crippen LogP contribution in [0, 0.1) is 0 Å². The molecule has 0 atom stereocenters. The molecule has 1 aromatic heterocycles. The molecule has 1 heterocycles. The lowest BCUT2D eigenvalue weighted by atomic mass is 10.1. The Kier molecular flexibility index (Phi) is 5.70. The highest BCUT2D eigenvalue weighted by Crippen LogP contribution is 2.33. The van der Waals surface area contributed by atoms with E-state index in [9.17, 15) is 0 Å². The lowest BCUT2D eigenvalue weighted by Gasteiger charge is -2.12. The molecule has 134 valence electrons. The number of halogens is 1. The van der Waals surface area contributed by atoms with Crippen molar-refractivity contribution in [1.82, 2.24) is 9.97 Å². The van der Waals surface area contributed by atoms with Crippen LogP contribution in [0.3, 0.4) is 0 Å². The highest BCUT2D eigenvalue weighted by molar-refractivity contribution is 9.10. The van der Waals surface area contributed by atoms with Crippen molar-refractivity contribution in [2.45, 2.75) is 6.42 Å². The highest BCUT2D eigenvalue weighted by Gasteiger charge is 2.11. The van der Waals surface area contributed by atoms with Crippen LogP contribution in [0.25, 0.3) is 11.3 Å². The van der Waals surface area contributed by atoms with Gasteiger partial charge in [-0.05, 0) is 42.3 Å². The number of nitrogens with one attached hydrogen (secondary N) is 1. The molecular weight excluding hydrogens is 396 g/mol. The lowest BCUT2D eigenvalue weighted by molar-refractivity contribution is 0.299. The fraction of sp³-hybridized carbons (Fsp3) is 0.158. The van der Waals surface area contributed by atoms with E-state index < -0.39 is 0 Å². The molecule has 3 aromatic rings. The van der Waals surface area contributed by atoms with E-state index in [1.807, 2.05) is 48.5 Å². The number of methoxy groups -OCH3 is 1. The zero-order valence-corrected chi connectivity index (χ0v) is 15.8. The monoisotopic (exact) mass is 414 g/mol. The predicted octanol–water partition coefficient (Wildman–Crippen LogP) is 3.78. The maximum atomic E-state index is 9.00. The highest BCUT2D eigenvalue weighted by atomic mass is 79.9. The maximum absolute atomic E-state index is 9.00. The number of hydrogen-bond acceptors (Lipinski definition) is 6. The van der Waals surface area contributed by atoms with Crippen LogP contribution in [0.5, 0.6) is 5.75 Å². The minimum absolute atomic E-state index is 0.132. The van der Waals surface area contributed by atoms with Crippen LogP contribution < -0.4 is 15.8 Å². The molecule has 0 radical (unpaired) electrons. The van der Waals surface area contributed by atoms with Crippen LogP contribution in [0.2, 0.25) is 0 Å². The van der Waals surface area contributed by atoms with Crippen LogP contribution in [-0.2, 0) is 6.42 Å². The third-order valence-electron chi connectivity index (χ3n) is 3.81. The van der Waals surface area contributed by atoms with Crippen molar-refractivity contribution in [1.29, 1.82) is 0 Å². The number of nitrogens with zero attached hydrogens (tertiary/aromatic N) is 2. The Morgan fingerprint density at radius 1 is 1.12 bits per heavy atom. The molecule has 0 amide bonds. The number of benzene rings is 2. The predicted molar refractivity (Wildman–Crippen MR) is 107 cm³/mol. The molecule has 3 rings (SSSR count). The van der Waals surface area contributed by atoms with Gasteiger partial charge in [0.05, 0.1) is 12.8 Å². The molecule has 26 heavy (non-hydrogen) atoms. The minimum Gasteiger partial charge on any atom is -0.496 e.